The van der Waals surface area contributed by atoms with E-state index in [-0.39, 0.29) is 11.7 Å². The molecule has 0 radical (unpaired) electrons. The molecule has 1 fully saturated rings. The Morgan fingerprint density at radius 2 is 1.60 bits per heavy atom. The fourth-order valence-electron chi connectivity index (χ4n) is 2.76. The highest BCUT2D eigenvalue weighted by molar-refractivity contribution is 14.1. The van der Waals surface area contributed by atoms with E-state index >= 15 is 0 Å². The topological polar surface area (TPSA) is 66.5 Å². The van der Waals surface area contributed by atoms with Gasteiger partial charge in [0.05, 0.1) is 5.75 Å². The summed E-state index contributed by atoms with van der Waals surface area (Å²) in [5, 5.41) is 2.83. The second kappa shape index (κ2) is 7.84. The van der Waals surface area contributed by atoms with Crippen molar-refractivity contribution in [3.05, 3.63) is 63.2 Å². The summed E-state index contributed by atoms with van der Waals surface area (Å²) in [6.07, 6.45) is 1.85. The maximum Gasteiger partial charge on any atom is 0.255 e. The van der Waals surface area contributed by atoms with Gasteiger partial charge >= 0.3 is 0 Å². The predicted octanol–water partition coefficient (Wildman–Crippen LogP) is 3.47. The molecule has 7 heteroatoms. The van der Waals surface area contributed by atoms with Gasteiger partial charge in [0.25, 0.3) is 5.91 Å². The average molecular weight is 470 g/mol. The van der Waals surface area contributed by atoms with Gasteiger partial charge in [0.1, 0.15) is 0 Å². The van der Waals surface area contributed by atoms with Gasteiger partial charge in [-0.2, -0.15) is 0 Å². The number of sulfonamides is 1. The van der Waals surface area contributed by atoms with Crippen molar-refractivity contribution in [3.8, 4) is 0 Å². The molecule has 2 aromatic carbocycles. The van der Waals surface area contributed by atoms with E-state index in [0.717, 1.165) is 22.1 Å². The number of amides is 1. The van der Waals surface area contributed by atoms with Crippen LogP contribution in [-0.2, 0) is 15.8 Å². The molecule has 0 aliphatic carbocycles. The molecule has 2 aromatic rings. The highest BCUT2D eigenvalue weighted by atomic mass is 127. The van der Waals surface area contributed by atoms with Gasteiger partial charge in [-0.3, -0.25) is 4.79 Å². The number of carbonyl (C=O) groups is 1. The van der Waals surface area contributed by atoms with Crippen molar-refractivity contribution in [1.29, 1.82) is 0 Å². The molecule has 0 bridgehead atoms. The van der Waals surface area contributed by atoms with E-state index in [0.29, 0.717) is 24.2 Å². The van der Waals surface area contributed by atoms with Gasteiger partial charge in [-0.15, -0.1) is 0 Å². The first kappa shape index (κ1) is 18.3. The lowest BCUT2D eigenvalue weighted by Crippen LogP contribution is -2.29. The summed E-state index contributed by atoms with van der Waals surface area (Å²) in [4.78, 5) is 12.3. The Morgan fingerprint density at radius 1 is 1.00 bits per heavy atom. The molecule has 1 aliphatic rings. The summed E-state index contributed by atoms with van der Waals surface area (Å²) in [6.45, 7) is 1.22. The first-order valence-electron chi connectivity index (χ1n) is 8.08. The van der Waals surface area contributed by atoms with Crippen molar-refractivity contribution in [2.45, 2.75) is 18.6 Å². The van der Waals surface area contributed by atoms with E-state index in [4.69, 9.17) is 0 Å². The largest absolute Gasteiger partial charge is 0.322 e. The summed E-state index contributed by atoms with van der Waals surface area (Å²) < 4.78 is 27.3. The van der Waals surface area contributed by atoms with Crippen LogP contribution in [0.3, 0.4) is 0 Å². The average Bonchev–Trinajstić information content (AvgIpc) is 3.13. The van der Waals surface area contributed by atoms with Crippen LogP contribution in [0.5, 0.6) is 0 Å². The number of hydrogen-bond donors (Lipinski definition) is 1. The van der Waals surface area contributed by atoms with E-state index in [9.17, 15) is 13.2 Å². The van der Waals surface area contributed by atoms with Crippen molar-refractivity contribution in [2.75, 3.05) is 18.4 Å². The second-order valence-electron chi connectivity index (χ2n) is 6.02. The molecule has 25 heavy (non-hydrogen) atoms. The van der Waals surface area contributed by atoms with Crippen molar-refractivity contribution in [3.63, 3.8) is 0 Å². The monoisotopic (exact) mass is 470 g/mol. The van der Waals surface area contributed by atoms with E-state index in [1.54, 1.807) is 28.6 Å². The maximum absolute atomic E-state index is 12.3. The normalized spacial score (nSPS) is 15.2. The third-order valence-electron chi connectivity index (χ3n) is 4.13. The van der Waals surface area contributed by atoms with Crippen LogP contribution >= 0.6 is 22.6 Å². The van der Waals surface area contributed by atoms with Gasteiger partial charge in [-0.1, -0.05) is 12.1 Å². The van der Waals surface area contributed by atoms with Crippen LogP contribution in [0, 0.1) is 3.57 Å². The van der Waals surface area contributed by atoms with Crippen LogP contribution in [-0.4, -0.2) is 31.7 Å². The van der Waals surface area contributed by atoms with Gasteiger partial charge in [0.15, 0.2) is 0 Å². The van der Waals surface area contributed by atoms with Crippen LogP contribution < -0.4 is 5.32 Å². The van der Waals surface area contributed by atoms with Crippen LogP contribution in [0.2, 0.25) is 0 Å². The molecular weight excluding hydrogens is 451 g/mol. The van der Waals surface area contributed by atoms with Crippen molar-refractivity contribution < 1.29 is 13.2 Å². The number of anilines is 1. The van der Waals surface area contributed by atoms with Gasteiger partial charge in [-0.05, 0) is 77.4 Å². The highest BCUT2D eigenvalue weighted by Gasteiger charge is 2.25. The fraction of sp³-hybridized carbons (Fsp3) is 0.278. The molecule has 0 atom stereocenters. The number of nitrogens with zero attached hydrogens (tertiary/aromatic N) is 1. The molecule has 1 amide bonds. The zero-order valence-corrected chi connectivity index (χ0v) is 16.6. The zero-order chi connectivity index (χ0) is 17.9. The van der Waals surface area contributed by atoms with Gasteiger partial charge in [0, 0.05) is 27.9 Å². The van der Waals surface area contributed by atoms with Crippen LogP contribution in [0.4, 0.5) is 5.69 Å². The number of halogens is 1. The Hall–Kier alpha value is -1.45. The minimum absolute atomic E-state index is 0.0218. The molecule has 0 saturated carbocycles. The Bertz CT molecular complexity index is 843. The number of rotatable bonds is 5. The SMILES string of the molecule is O=C(Nc1ccc(I)cc1)c1ccc(CS(=O)(=O)N2CCCC2)cc1. The molecule has 1 aliphatic heterocycles. The van der Waals surface area contributed by atoms with E-state index in [1.165, 1.54) is 0 Å². The molecule has 132 valence electrons. The molecule has 0 unspecified atom stereocenters. The van der Waals surface area contributed by atoms with Gasteiger partial charge in [-0.25, -0.2) is 12.7 Å². The quantitative estimate of drug-likeness (QED) is 0.681. The summed E-state index contributed by atoms with van der Waals surface area (Å²) in [5.41, 5.74) is 1.92. The number of nitrogens with one attached hydrogen (secondary N) is 1. The van der Waals surface area contributed by atoms with E-state index in [1.807, 2.05) is 24.3 Å². The van der Waals surface area contributed by atoms with Gasteiger partial charge < -0.3 is 5.32 Å². The third-order valence-corrected chi connectivity index (χ3v) is 6.69. The standard InChI is InChI=1S/C18H19IN2O3S/c19-16-7-9-17(10-8-16)20-18(22)15-5-3-14(4-6-15)13-25(23,24)21-11-1-2-12-21/h3-10H,1-2,11-13H2,(H,20,22). The lowest BCUT2D eigenvalue weighted by Gasteiger charge is -2.15. The highest BCUT2D eigenvalue weighted by Crippen LogP contribution is 2.18. The lowest BCUT2D eigenvalue weighted by molar-refractivity contribution is 0.102. The minimum Gasteiger partial charge on any atom is -0.322 e. The summed E-state index contributed by atoms with van der Waals surface area (Å²) >= 11 is 2.20. The zero-order valence-electron chi connectivity index (χ0n) is 13.6. The minimum atomic E-state index is -3.27. The lowest BCUT2D eigenvalue weighted by atomic mass is 10.1. The maximum atomic E-state index is 12.3. The van der Waals surface area contributed by atoms with E-state index < -0.39 is 10.0 Å². The van der Waals surface area contributed by atoms with Crippen LogP contribution in [0.15, 0.2) is 48.5 Å². The molecule has 3 rings (SSSR count). The molecular formula is C18H19IN2O3S. The Labute approximate surface area is 161 Å². The first-order chi connectivity index (χ1) is 11.9. The molecule has 0 aromatic heterocycles. The van der Waals surface area contributed by atoms with Crippen molar-refractivity contribution in [1.82, 2.24) is 4.31 Å². The summed E-state index contributed by atoms with van der Waals surface area (Å²) in [6, 6.07) is 14.3. The fourth-order valence-corrected chi connectivity index (χ4v) is 4.73. The Kier molecular flexibility index (Phi) is 5.75. The molecule has 0 spiro atoms. The van der Waals surface area contributed by atoms with Crippen molar-refractivity contribution in [2.24, 2.45) is 0 Å². The summed E-state index contributed by atoms with van der Waals surface area (Å²) in [7, 11) is -3.27. The smallest absolute Gasteiger partial charge is 0.255 e. The molecule has 1 heterocycles. The second-order valence-corrected chi connectivity index (χ2v) is 9.23. The predicted molar refractivity (Wildman–Crippen MR) is 107 cm³/mol. The molecule has 1 N–H and O–H groups in total. The Morgan fingerprint density at radius 3 is 2.20 bits per heavy atom. The Balaban J connectivity index is 1.65. The first-order valence-corrected chi connectivity index (χ1v) is 10.8. The van der Waals surface area contributed by atoms with Crippen LogP contribution in [0.1, 0.15) is 28.8 Å². The van der Waals surface area contributed by atoms with Gasteiger partial charge in [0.2, 0.25) is 10.0 Å². The third kappa shape index (κ3) is 4.80. The molecule has 1 saturated heterocycles. The number of carbonyl (C=O) groups excluding carboxylic acids is 1. The number of hydrogen-bond acceptors (Lipinski definition) is 3. The van der Waals surface area contributed by atoms with Crippen molar-refractivity contribution >= 4 is 44.2 Å². The van der Waals surface area contributed by atoms with E-state index in [2.05, 4.69) is 27.9 Å². The summed E-state index contributed by atoms with van der Waals surface area (Å²) in [5.74, 6) is -0.235. The number of benzene rings is 2. The van der Waals surface area contributed by atoms with Crippen LogP contribution in [0.25, 0.3) is 0 Å². The molecule has 5 nitrogen and oxygen atoms in total.